The van der Waals surface area contributed by atoms with Gasteiger partial charge in [-0.15, -0.1) is 0 Å². The van der Waals surface area contributed by atoms with Crippen molar-refractivity contribution in [2.45, 2.75) is 17.4 Å². The van der Waals surface area contributed by atoms with Crippen LogP contribution in [0.25, 0.3) is 21.9 Å². The molecule has 1 aromatic heterocycles. The lowest BCUT2D eigenvalue weighted by Gasteiger charge is -2.14. The smallest absolute Gasteiger partial charge is 0.241 e. The van der Waals surface area contributed by atoms with Crippen LogP contribution in [0.5, 0.6) is 0 Å². The summed E-state index contributed by atoms with van der Waals surface area (Å²) in [7, 11) is -3.78. The monoisotopic (exact) mass is 486 g/mol. The lowest BCUT2D eigenvalue weighted by atomic mass is 10.0. The molecule has 1 unspecified atom stereocenters. The molecular formula is C27H26N4O3S. The van der Waals surface area contributed by atoms with Gasteiger partial charge in [0, 0.05) is 42.8 Å². The van der Waals surface area contributed by atoms with Crippen LogP contribution < -0.4 is 10.0 Å². The average molecular weight is 487 g/mol. The second-order valence-electron chi connectivity index (χ2n) is 8.21. The Balaban J connectivity index is 1.37. The van der Waals surface area contributed by atoms with Crippen molar-refractivity contribution in [1.82, 2.24) is 15.0 Å². The number of pyridine rings is 1. The molecule has 3 N–H and O–H groups in total. The number of benzene rings is 3. The highest BCUT2D eigenvalue weighted by Gasteiger charge is 2.19. The molecule has 0 aliphatic rings. The van der Waals surface area contributed by atoms with E-state index in [9.17, 15) is 13.5 Å². The second kappa shape index (κ2) is 11.2. The van der Waals surface area contributed by atoms with Gasteiger partial charge in [-0.3, -0.25) is 4.98 Å². The summed E-state index contributed by atoms with van der Waals surface area (Å²) in [6.45, 7) is 0.857. The van der Waals surface area contributed by atoms with E-state index >= 15 is 0 Å². The first kappa shape index (κ1) is 24.5. The number of aliphatic hydroxyl groups excluding tert-OH is 1. The summed E-state index contributed by atoms with van der Waals surface area (Å²) in [5.41, 5.74) is 3.23. The standard InChI is InChI=1S/C27H26N4O3S/c28-17-21-8-6-20(7-9-21)14-25(32)19-30-12-13-31-35(33,34)27-16-23(22-4-2-1-3-5-22)15-24-18-29-11-10-26(24)27/h1-11,15-16,18,25,30-32H,12-14,19H2. The molecule has 1 atom stereocenters. The van der Waals surface area contributed by atoms with Crippen molar-refractivity contribution in [3.05, 3.63) is 96.3 Å². The Morgan fingerprint density at radius 3 is 2.49 bits per heavy atom. The number of nitrogens with one attached hydrogen (secondary N) is 2. The minimum absolute atomic E-state index is 0.175. The molecule has 0 aliphatic carbocycles. The third kappa shape index (κ3) is 6.29. The maximum absolute atomic E-state index is 13.2. The Morgan fingerprint density at radius 2 is 1.74 bits per heavy atom. The van der Waals surface area contributed by atoms with Crippen molar-refractivity contribution in [2.75, 3.05) is 19.6 Å². The van der Waals surface area contributed by atoms with E-state index in [2.05, 4.69) is 21.1 Å². The molecule has 0 fully saturated rings. The predicted molar refractivity (Wildman–Crippen MR) is 136 cm³/mol. The van der Waals surface area contributed by atoms with Crippen LogP contribution in [0.4, 0.5) is 0 Å². The van der Waals surface area contributed by atoms with Gasteiger partial charge in [0.05, 0.1) is 22.6 Å². The Kier molecular flexibility index (Phi) is 7.85. The van der Waals surface area contributed by atoms with Crippen molar-refractivity contribution in [3.8, 4) is 17.2 Å². The maximum atomic E-state index is 13.2. The molecule has 35 heavy (non-hydrogen) atoms. The summed E-state index contributed by atoms with van der Waals surface area (Å²) in [6, 6.07) is 24.1. The quantitative estimate of drug-likeness (QED) is 0.297. The minimum atomic E-state index is -3.78. The molecule has 4 rings (SSSR count). The van der Waals surface area contributed by atoms with Gasteiger partial charge in [-0.2, -0.15) is 5.26 Å². The SMILES string of the molecule is N#Cc1ccc(CC(O)CNCCNS(=O)(=O)c2cc(-c3ccccc3)cc3cnccc23)cc1. The summed E-state index contributed by atoms with van der Waals surface area (Å²) in [5.74, 6) is 0. The number of aromatic nitrogens is 1. The van der Waals surface area contributed by atoms with E-state index in [0.29, 0.717) is 30.5 Å². The second-order valence-corrected chi connectivity index (χ2v) is 9.94. The summed E-state index contributed by atoms with van der Waals surface area (Å²) >= 11 is 0. The summed E-state index contributed by atoms with van der Waals surface area (Å²) < 4.78 is 29.0. The first-order chi connectivity index (χ1) is 17.0. The van der Waals surface area contributed by atoms with Crippen LogP contribution in [-0.2, 0) is 16.4 Å². The van der Waals surface area contributed by atoms with E-state index in [1.807, 2.05) is 48.5 Å². The number of nitrogens with zero attached hydrogens (tertiary/aromatic N) is 2. The molecule has 1 heterocycles. The Morgan fingerprint density at radius 1 is 0.971 bits per heavy atom. The highest BCUT2D eigenvalue weighted by molar-refractivity contribution is 7.89. The Hall–Kier alpha value is -3.61. The molecule has 0 saturated heterocycles. The van der Waals surface area contributed by atoms with Gasteiger partial charge in [-0.1, -0.05) is 42.5 Å². The maximum Gasteiger partial charge on any atom is 0.241 e. The van der Waals surface area contributed by atoms with E-state index in [0.717, 1.165) is 22.1 Å². The van der Waals surface area contributed by atoms with E-state index < -0.39 is 16.1 Å². The van der Waals surface area contributed by atoms with Crippen molar-refractivity contribution in [3.63, 3.8) is 0 Å². The van der Waals surface area contributed by atoms with Gasteiger partial charge in [-0.05, 0) is 53.4 Å². The van der Waals surface area contributed by atoms with E-state index in [1.165, 1.54) is 0 Å². The highest BCUT2D eigenvalue weighted by Crippen LogP contribution is 2.30. The van der Waals surface area contributed by atoms with Crippen molar-refractivity contribution in [1.29, 1.82) is 5.26 Å². The van der Waals surface area contributed by atoms with Crippen LogP contribution >= 0.6 is 0 Å². The largest absolute Gasteiger partial charge is 0.391 e. The molecule has 0 radical (unpaired) electrons. The average Bonchev–Trinajstić information content (AvgIpc) is 2.88. The fourth-order valence-corrected chi connectivity index (χ4v) is 5.16. The van der Waals surface area contributed by atoms with Crippen LogP contribution in [-0.4, -0.2) is 44.2 Å². The van der Waals surface area contributed by atoms with Crippen molar-refractivity contribution in [2.24, 2.45) is 0 Å². The molecule has 0 saturated carbocycles. The lowest BCUT2D eigenvalue weighted by molar-refractivity contribution is 0.172. The topological polar surface area (TPSA) is 115 Å². The highest BCUT2D eigenvalue weighted by atomic mass is 32.2. The molecule has 178 valence electrons. The van der Waals surface area contributed by atoms with Gasteiger partial charge in [0.1, 0.15) is 0 Å². The lowest BCUT2D eigenvalue weighted by Crippen LogP contribution is -2.35. The van der Waals surface area contributed by atoms with Gasteiger partial charge in [0.25, 0.3) is 0 Å². The van der Waals surface area contributed by atoms with Crippen LogP contribution in [0.3, 0.4) is 0 Å². The summed E-state index contributed by atoms with van der Waals surface area (Å²) in [5, 5.41) is 23.6. The Labute approximate surface area is 205 Å². The van der Waals surface area contributed by atoms with Crippen molar-refractivity contribution < 1.29 is 13.5 Å². The van der Waals surface area contributed by atoms with Gasteiger partial charge >= 0.3 is 0 Å². The fourth-order valence-electron chi connectivity index (χ4n) is 3.87. The van der Waals surface area contributed by atoms with E-state index in [4.69, 9.17) is 5.26 Å². The third-order valence-corrected chi connectivity index (χ3v) is 7.14. The summed E-state index contributed by atoms with van der Waals surface area (Å²) in [4.78, 5) is 4.35. The number of hydrogen-bond acceptors (Lipinski definition) is 6. The number of hydrogen-bond donors (Lipinski definition) is 3. The van der Waals surface area contributed by atoms with Gasteiger partial charge in [0.15, 0.2) is 0 Å². The molecule has 7 nitrogen and oxygen atoms in total. The number of aliphatic hydroxyl groups is 1. The number of nitriles is 1. The minimum Gasteiger partial charge on any atom is -0.391 e. The molecule has 0 aliphatic heterocycles. The molecule has 0 bridgehead atoms. The van der Waals surface area contributed by atoms with Gasteiger partial charge in [-0.25, -0.2) is 13.1 Å². The van der Waals surface area contributed by atoms with Crippen LogP contribution in [0.15, 0.2) is 90.1 Å². The normalized spacial score (nSPS) is 12.3. The molecule has 0 amide bonds. The first-order valence-electron chi connectivity index (χ1n) is 11.3. The van der Waals surface area contributed by atoms with Crippen LogP contribution in [0.1, 0.15) is 11.1 Å². The Bertz CT molecular complexity index is 1430. The van der Waals surface area contributed by atoms with E-state index in [1.54, 1.807) is 36.7 Å². The first-order valence-corrected chi connectivity index (χ1v) is 12.8. The fraction of sp³-hybridized carbons (Fsp3) is 0.185. The molecule has 4 aromatic rings. The zero-order chi connectivity index (χ0) is 24.7. The molecule has 0 spiro atoms. The predicted octanol–water partition coefficient (Wildman–Crippen LogP) is 3.24. The number of rotatable bonds is 10. The van der Waals surface area contributed by atoms with Gasteiger partial charge in [0.2, 0.25) is 10.0 Å². The van der Waals surface area contributed by atoms with Crippen LogP contribution in [0, 0.1) is 11.3 Å². The zero-order valence-electron chi connectivity index (χ0n) is 19.1. The summed E-state index contributed by atoms with van der Waals surface area (Å²) in [6.07, 6.45) is 3.06. The molecular weight excluding hydrogens is 460 g/mol. The van der Waals surface area contributed by atoms with Crippen molar-refractivity contribution >= 4 is 20.8 Å². The molecule has 8 heteroatoms. The zero-order valence-corrected chi connectivity index (χ0v) is 19.9. The number of sulfonamides is 1. The van der Waals surface area contributed by atoms with Gasteiger partial charge < -0.3 is 10.4 Å². The van der Waals surface area contributed by atoms with Crippen LogP contribution in [0.2, 0.25) is 0 Å². The number of fused-ring (bicyclic) bond motifs is 1. The third-order valence-electron chi connectivity index (χ3n) is 5.64. The molecule has 3 aromatic carbocycles. The van der Waals surface area contributed by atoms with E-state index in [-0.39, 0.29) is 11.4 Å².